The van der Waals surface area contributed by atoms with Crippen LogP contribution in [0.2, 0.25) is 0 Å². The van der Waals surface area contributed by atoms with E-state index in [1.165, 1.54) is 12.1 Å². The molecule has 8 nitrogen and oxygen atoms in total. The Labute approximate surface area is 214 Å². The van der Waals surface area contributed by atoms with Gasteiger partial charge in [0.1, 0.15) is 11.6 Å². The van der Waals surface area contributed by atoms with Crippen molar-refractivity contribution in [2.75, 3.05) is 24.7 Å². The number of halogens is 1. The molecule has 37 heavy (non-hydrogen) atoms. The van der Waals surface area contributed by atoms with E-state index in [9.17, 15) is 4.39 Å². The highest BCUT2D eigenvalue weighted by molar-refractivity contribution is 5.94. The number of hydrogen-bond donors (Lipinski definition) is 1. The largest absolute Gasteiger partial charge is 0.377 e. The molecule has 0 aliphatic carbocycles. The summed E-state index contributed by atoms with van der Waals surface area (Å²) in [6.07, 6.45) is 3.58. The zero-order chi connectivity index (χ0) is 25.7. The zero-order valence-electron chi connectivity index (χ0n) is 21.3. The van der Waals surface area contributed by atoms with Crippen molar-refractivity contribution in [3.63, 3.8) is 0 Å². The molecule has 1 N–H and O–H groups in total. The van der Waals surface area contributed by atoms with Gasteiger partial charge in [0.2, 0.25) is 0 Å². The maximum absolute atomic E-state index is 14.6. The molecule has 0 bridgehead atoms. The number of hydrogen-bond acceptors (Lipinski definition) is 6. The van der Waals surface area contributed by atoms with Gasteiger partial charge in [-0.3, -0.25) is 4.98 Å². The number of pyridine rings is 1. The van der Waals surface area contributed by atoms with Crippen LogP contribution in [-0.2, 0) is 4.74 Å². The summed E-state index contributed by atoms with van der Waals surface area (Å²) in [4.78, 5) is 19.7. The summed E-state index contributed by atoms with van der Waals surface area (Å²) in [7, 11) is 0. The quantitative estimate of drug-likeness (QED) is 0.369. The summed E-state index contributed by atoms with van der Waals surface area (Å²) in [5.41, 5.74) is 6.63. The molecule has 5 heterocycles. The first-order valence-electron chi connectivity index (χ1n) is 12.4. The van der Waals surface area contributed by atoms with Crippen LogP contribution < -0.4 is 4.90 Å². The average molecular weight is 498 g/mol. The standard InChI is InChI=1S/C28H28FN7O/c1-16-15-37-11-10-35(16)26-14-24(27-18(3)34-36(19(27)4)25-6-5-8-30-17(25)2)32-28(33-26)22-12-20(29)13-23-21(22)7-9-31-23/h5-9,12-14,16,31H,10-11,15H2,1-4H3/t16-/m1/s1. The summed E-state index contributed by atoms with van der Waals surface area (Å²) in [6.45, 7) is 10.1. The maximum atomic E-state index is 14.6. The van der Waals surface area contributed by atoms with Gasteiger partial charge in [-0.2, -0.15) is 5.10 Å². The topological polar surface area (TPSA) is 84.8 Å². The van der Waals surface area contributed by atoms with Gasteiger partial charge in [0.05, 0.1) is 47.7 Å². The first-order valence-corrected chi connectivity index (χ1v) is 12.4. The van der Waals surface area contributed by atoms with Gasteiger partial charge < -0.3 is 14.6 Å². The first-order chi connectivity index (χ1) is 17.9. The number of nitrogens with zero attached hydrogens (tertiary/aromatic N) is 6. The van der Waals surface area contributed by atoms with Crippen LogP contribution >= 0.6 is 0 Å². The average Bonchev–Trinajstić information content (AvgIpc) is 3.47. The van der Waals surface area contributed by atoms with Crippen molar-refractivity contribution in [1.82, 2.24) is 29.7 Å². The van der Waals surface area contributed by atoms with Gasteiger partial charge in [-0.15, -0.1) is 0 Å². The molecule has 1 aromatic carbocycles. The highest BCUT2D eigenvalue weighted by atomic mass is 19.1. The zero-order valence-corrected chi connectivity index (χ0v) is 21.3. The molecule has 0 radical (unpaired) electrons. The fourth-order valence-corrected chi connectivity index (χ4v) is 5.16. The smallest absolute Gasteiger partial charge is 0.162 e. The number of H-pyrrole nitrogens is 1. The second kappa shape index (κ2) is 9.08. The maximum Gasteiger partial charge on any atom is 0.162 e. The molecule has 0 unspecified atom stereocenters. The van der Waals surface area contributed by atoms with Crippen LogP contribution in [0.15, 0.2) is 48.8 Å². The van der Waals surface area contributed by atoms with Gasteiger partial charge in [-0.1, -0.05) is 0 Å². The molecule has 5 aromatic rings. The number of rotatable bonds is 4. The monoisotopic (exact) mass is 497 g/mol. The molecular weight excluding hydrogens is 469 g/mol. The number of aryl methyl sites for hydroxylation is 2. The molecule has 0 saturated carbocycles. The number of ether oxygens (including phenoxy) is 1. The van der Waals surface area contributed by atoms with Crippen molar-refractivity contribution >= 4 is 16.7 Å². The second-order valence-corrected chi connectivity index (χ2v) is 9.51. The number of morpholine rings is 1. The molecule has 1 fully saturated rings. The first kappa shape index (κ1) is 23.3. The second-order valence-electron chi connectivity index (χ2n) is 9.51. The van der Waals surface area contributed by atoms with Gasteiger partial charge in [-0.05, 0) is 58.0 Å². The normalized spacial score (nSPS) is 16.0. The molecule has 9 heteroatoms. The summed E-state index contributed by atoms with van der Waals surface area (Å²) in [6, 6.07) is 11.0. The van der Waals surface area contributed by atoms with E-state index < -0.39 is 0 Å². The van der Waals surface area contributed by atoms with Crippen molar-refractivity contribution in [2.45, 2.75) is 33.7 Å². The van der Waals surface area contributed by atoms with Gasteiger partial charge in [0.25, 0.3) is 0 Å². The van der Waals surface area contributed by atoms with Crippen LogP contribution in [0.4, 0.5) is 10.2 Å². The van der Waals surface area contributed by atoms with E-state index >= 15 is 0 Å². The van der Waals surface area contributed by atoms with Crippen LogP contribution in [0.5, 0.6) is 0 Å². The van der Waals surface area contributed by atoms with E-state index in [-0.39, 0.29) is 11.9 Å². The Hall–Kier alpha value is -4.11. The molecule has 1 aliphatic heterocycles. The minimum absolute atomic E-state index is 0.145. The summed E-state index contributed by atoms with van der Waals surface area (Å²) >= 11 is 0. The third kappa shape index (κ3) is 4.05. The SMILES string of the molecule is Cc1ncccc1-n1nc(C)c(-c2cc(N3CCOC[C@H]3C)nc(-c3cc(F)cc4[nH]ccc34)n2)c1C. The Morgan fingerprint density at radius 3 is 2.76 bits per heavy atom. The molecule has 1 atom stereocenters. The van der Waals surface area contributed by atoms with Gasteiger partial charge in [-0.25, -0.2) is 19.0 Å². The predicted molar refractivity (Wildman–Crippen MR) is 141 cm³/mol. The lowest BCUT2D eigenvalue weighted by atomic mass is 10.1. The van der Waals surface area contributed by atoms with Crippen LogP contribution in [0.25, 0.3) is 39.2 Å². The van der Waals surface area contributed by atoms with Crippen LogP contribution in [-0.4, -0.2) is 55.5 Å². The van der Waals surface area contributed by atoms with Crippen molar-refractivity contribution in [1.29, 1.82) is 0 Å². The third-order valence-corrected chi connectivity index (χ3v) is 7.00. The molecule has 188 valence electrons. The molecule has 0 spiro atoms. The lowest BCUT2D eigenvalue weighted by Crippen LogP contribution is -2.44. The lowest BCUT2D eigenvalue weighted by Gasteiger charge is -2.34. The molecule has 1 aliphatic rings. The Balaban J connectivity index is 1.58. The third-order valence-electron chi connectivity index (χ3n) is 7.00. The fraction of sp³-hybridized carbons (Fsp3) is 0.286. The predicted octanol–water partition coefficient (Wildman–Crippen LogP) is 5.16. The minimum Gasteiger partial charge on any atom is -0.377 e. The van der Waals surface area contributed by atoms with E-state index in [1.807, 2.05) is 49.7 Å². The minimum atomic E-state index is -0.340. The van der Waals surface area contributed by atoms with E-state index in [1.54, 1.807) is 12.4 Å². The number of aromatic amines is 1. The Kier molecular flexibility index (Phi) is 5.72. The summed E-state index contributed by atoms with van der Waals surface area (Å²) < 4.78 is 22.2. The lowest BCUT2D eigenvalue weighted by molar-refractivity contribution is 0.0985. The summed E-state index contributed by atoms with van der Waals surface area (Å²) in [5, 5.41) is 5.72. The number of fused-ring (bicyclic) bond motifs is 1. The number of anilines is 1. The van der Waals surface area contributed by atoms with E-state index in [0.717, 1.165) is 45.2 Å². The van der Waals surface area contributed by atoms with Crippen molar-refractivity contribution in [3.05, 3.63) is 71.7 Å². The number of benzene rings is 1. The van der Waals surface area contributed by atoms with Crippen LogP contribution in [0.3, 0.4) is 0 Å². The number of aromatic nitrogens is 6. The van der Waals surface area contributed by atoms with E-state index in [2.05, 4.69) is 21.8 Å². The van der Waals surface area contributed by atoms with Crippen molar-refractivity contribution < 1.29 is 9.13 Å². The van der Waals surface area contributed by atoms with Crippen LogP contribution in [0, 0.1) is 26.6 Å². The van der Waals surface area contributed by atoms with Gasteiger partial charge >= 0.3 is 0 Å². The Bertz CT molecular complexity index is 1620. The highest BCUT2D eigenvalue weighted by Crippen LogP contribution is 2.34. The number of nitrogens with one attached hydrogen (secondary N) is 1. The van der Waals surface area contributed by atoms with E-state index in [4.69, 9.17) is 19.8 Å². The van der Waals surface area contributed by atoms with E-state index in [0.29, 0.717) is 36.7 Å². The van der Waals surface area contributed by atoms with Gasteiger partial charge in [0.15, 0.2) is 5.82 Å². The van der Waals surface area contributed by atoms with Crippen LogP contribution in [0.1, 0.15) is 24.0 Å². The molecule has 1 saturated heterocycles. The molecular formula is C28H28FN7O. The summed E-state index contributed by atoms with van der Waals surface area (Å²) in [5.74, 6) is 0.916. The van der Waals surface area contributed by atoms with Crippen molar-refractivity contribution in [3.8, 4) is 28.3 Å². The molecule has 6 rings (SSSR count). The van der Waals surface area contributed by atoms with Gasteiger partial charge in [0, 0.05) is 47.0 Å². The Morgan fingerprint density at radius 1 is 1.08 bits per heavy atom. The molecule has 0 amide bonds. The fourth-order valence-electron chi connectivity index (χ4n) is 5.16. The Morgan fingerprint density at radius 2 is 1.95 bits per heavy atom. The highest BCUT2D eigenvalue weighted by Gasteiger charge is 2.25. The molecule has 4 aromatic heterocycles. The van der Waals surface area contributed by atoms with Crippen molar-refractivity contribution in [2.24, 2.45) is 0 Å².